The maximum absolute atomic E-state index is 12.4. The number of hydrogen-bond donors (Lipinski definition) is 2. The van der Waals surface area contributed by atoms with Gasteiger partial charge in [-0.2, -0.15) is 13.2 Å². The molecule has 0 aromatic heterocycles. The van der Waals surface area contributed by atoms with E-state index >= 15 is 0 Å². The van der Waals surface area contributed by atoms with Gasteiger partial charge in [-0.05, 0) is 24.3 Å². The van der Waals surface area contributed by atoms with Crippen LogP contribution in [0.4, 0.5) is 23.7 Å². The minimum Gasteiger partial charge on any atom is -0.379 e. The molecule has 22 heavy (non-hydrogen) atoms. The van der Waals surface area contributed by atoms with Crippen LogP contribution in [0.15, 0.2) is 24.3 Å². The molecule has 1 saturated heterocycles. The Morgan fingerprint density at radius 2 is 1.82 bits per heavy atom. The molecule has 2 rings (SSSR count). The Bertz CT molecular complexity index is 485. The molecular formula is C14H18F3N3O2. The number of ether oxygens (including phenoxy) is 1. The number of halogens is 3. The number of nitrogens with one attached hydrogen (secondary N) is 2. The Kier molecular flexibility index (Phi) is 5.62. The molecule has 0 radical (unpaired) electrons. The average molecular weight is 317 g/mol. The maximum Gasteiger partial charge on any atom is 0.416 e. The van der Waals surface area contributed by atoms with Gasteiger partial charge in [0.2, 0.25) is 0 Å². The molecule has 0 atom stereocenters. The highest BCUT2D eigenvalue weighted by molar-refractivity contribution is 5.89. The second-order valence-corrected chi connectivity index (χ2v) is 4.91. The minimum absolute atomic E-state index is 0.317. The third kappa shape index (κ3) is 5.19. The molecule has 1 fully saturated rings. The van der Waals surface area contributed by atoms with Crippen LogP contribution in [0.3, 0.4) is 0 Å². The van der Waals surface area contributed by atoms with Gasteiger partial charge in [0.25, 0.3) is 0 Å². The van der Waals surface area contributed by atoms with Gasteiger partial charge in [0.05, 0.1) is 18.8 Å². The van der Waals surface area contributed by atoms with Crippen molar-refractivity contribution in [2.45, 2.75) is 6.18 Å². The first kappa shape index (κ1) is 16.6. The molecule has 1 aliphatic heterocycles. The number of amides is 2. The van der Waals surface area contributed by atoms with E-state index in [-0.39, 0.29) is 0 Å². The molecule has 0 aliphatic carbocycles. The summed E-state index contributed by atoms with van der Waals surface area (Å²) in [4.78, 5) is 13.8. The van der Waals surface area contributed by atoms with Crippen molar-refractivity contribution in [2.24, 2.45) is 0 Å². The number of nitrogens with zero attached hydrogens (tertiary/aromatic N) is 1. The van der Waals surface area contributed by atoms with Gasteiger partial charge in [-0.25, -0.2) is 4.79 Å². The van der Waals surface area contributed by atoms with Crippen molar-refractivity contribution >= 4 is 11.7 Å². The Labute approximate surface area is 126 Å². The van der Waals surface area contributed by atoms with Crippen molar-refractivity contribution in [3.8, 4) is 0 Å². The number of hydrogen-bond acceptors (Lipinski definition) is 3. The summed E-state index contributed by atoms with van der Waals surface area (Å²) < 4.78 is 42.5. The Hall–Kier alpha value is -1.80. The highest BCUT2D eigenvalue weighted by Crippen LogP contribution is 2.29. The van der Waals surface area contributed by atoms with Crippen LogP contribution in [0.25, 0.3) is 0 Å². The van der Waals surface area contributed by atoms with Crippen molar-refractivity contribution in [3.05, 3.63) is 29.8 Å². The quantitative estimate of drug-likeness (QED) is 0.895. The van der Waals surface area contributed by atoms with E-state index in [0.717, 1.165) is 25.2 Å². The van der Waals surface area contributed by atoms with Crippen molar-refractivity contribution in [1.82, 2.24) is 10.2 Å². The van der Waals surface area contributed by atoms with Crippen molar-refractivity contribution in [2.75, 3.05) is 44.7 Å². The van der Waals surface area contributed by atoms with Gasteiger partial charge in [-0.1, -0.05) is 0 Å². The summed E-state index contributed by atoms with van der Waals surface area (Å²) in [6, 6.07) is 3.88. The van der Waals surface area contributed by atoms with Crippen LogP contribution in [0.2, 0.25) is 0 Å². The predicted molar refractivity (Wildman–Crippen MR) is 75.7 cm³/mol. The SMILES string of the molecule is O=C(NCCN1CCOCC1)Nc1ccc(C(F)(F)F)cc1. The van der Waals surface area contributed by atoms with Gasteiger partial charge in [0.15, 0.2) is 0 Å². The number of alkyl halides is 3. The molecule has 1 aromatic carbocycles. The zero-order valence-corrected chi connectivity index (χ0v) is 11.9. The summed E-state index contributed by atoms with van der Waals surface area (Å²) >= 11 is 0. The predicted octanol–water partition coefficient (Wildman–Crippen LogP) is 2.16. The normalized spacial score (nSPS) is 16.3. The number of morpholine rings is 1. The fourth-order valence-electron chi connectivity index (χ4n) is 2.07. The second kappa shape index (κ2) is 7.46. The van der Waals surface area contributed by atoms with Gasteiger partial charge < -0.3 is 15.4 Å². The van der Waals surface area contributed by atoms with E-state index in [2.05, 4.69) is 15.5 Å². The molecule has 2 amide bonds. The lowest BCUT2D eigenvalue weighted by Crippen LogP contribution is -2.42. The number of urea groups is 1. The summed E-state index contributed by atoms with van der Waals surface area (Å²) in [5.41, 5.74) is -0.428. The van der Waals surface area contributed by atoms with Crippen molar-refractivity contribution in [1.29, 1.82) is 0 Å². The van der Waals surface area contributed by atoms with E-state index < -0.39 is 17.8 Å². The molecular weight excluding hydrogens is 299 g/mol. The molecule has 0 unspecified atom stereocenters. The zero-order chi connectivity index (χ0) is 16.0. The molecule has 1 aromatic rings. The van der Waals surface area contributed by atoms with Crippen LogP contribution in [0.1, 0.15) is 5.56 Å². The van der Waals surface area contributed by atoms with E-state index in [0.29, 0.717) is 32.0 Å². The van der Waals surface area contributed by atoms with E-state index in [4.69, 9.17) is 4.74 Å². The van der Waals surface area contributed by atoms with Crippen LogP contribution >= 0.6 is 0 Å². The van der Waals surface area contributed by atoms with E-state index in [9.17, 15) is 18.0 Å². The molecule has 1 aliphatic rings. The first-order valence-corrected chi connectivity index (χ1v) is 6.97. The Morgan fingerprint density at radius 1 is 1.18 bits per heavy atom. The highest BCUT2D eigenvalue weighted by atomic mass is 19.4. The number of rotatable bonds is 4. The second-order valence-electron chi connectivity index (χ2n) is 4.91. The van der Waals surface area contributed by atoms with Gasteiger partial charge in [0.1, 0.15) is 0 Å². The minimum atomic E-state index is -4.38. The lowest BCUT2D eigenvalue weighted by Gasteiger charge is -2.26. The largest absolute Gasteiger partial charge is 0.416 e. The van der Waals surface area contributed by atoms with Gasteiger partial charge in [-0.15, -0.1) is 0 Å². The Balaban J connectivity index is 1.72. The molecule has 1 heterocycles. The van der Waals surface area contributed by atoms with Crippen molar-refractivity contribution in [3.63, 3.8) is 0 Å². The molecule has 0 bridgehead atoms. The summed E-state index contributed by atoms with van der Waals surface area (Å²) in [7, 11) is 0. The fourth-order valence-corrected chi connectivity index (χ4v) is 2.07. The topological polar surface area (TPSA) is 53.6 Å². The molecule has 0 saturated carbocycles. The smallest absolute Gasteiger partial charge is 0.379 e. The van der Waals surface area contributed by atoms with Gasteiger partial charge in [0, 0.05) is 31.9 Å². The van der Waals surface area contributed by atoms with Crippen LogP contribution < -0.4 is 10.6 Å². The van der Waals surface area contributed by atoms with Gasteiger partial charge >= 0.3 is 12.2 Å². The molecule has 0 spiro atoms. The number of anilines is 1. The number of benzene rings is 1. The van der Waals surface area contributed by atoms with Gasteiger partial charge in [-0.3, -0.25) is 4.90 Å². The van der Waals surface area contributed by atoms with Crippen LogP contribution in [0.5, 0.6) is 0 Å². The fraction of sp³-hybridized carbons (Fsp3) is 0.500. The van der Waals surface area contributed by atoms with Crippen LogP contribution in [-0.2, 0) is 10.9 Å². The average Bonchev–Trinajstić information content (AvgIpc) is 2.48. The van der Waals surface area contributed by atoms with Crippen LogP contribution in [-0.4, -0.2) is 50.3 Å². The molecule has 5 nitrogen and oxygen atoms in total. The lowest BCUT2D eigenvalue weighted by molar-refractivity contribution is -0.137. The third-order valence-electron chi connectivity index (χ3n) is 3.29. The number of carbonyl (C=O) groups is 1. The maximum atomic E-state index is 12.4. The standard InChI is InChI=1S/C14H18F3N3O2/c15-14(16,17)11-1-3-12(4-2-11)19-13(21)18-5-6-20-7-9-22-10-8-20/h1-4H,5-10H2,(H2,18,19,21). The lowest BCUT2D eigenvalue weighted by atomic mass is 10.2. The van der Waals surface area contributed by atoms with E-state index in [1.54, 1.807) is 0 Å². The summed E-state index contributed by atoms with van der Waals surface area (Å²) in [6.45, 7) is 4.23. The molecule has 122 valence electrons. The van der Waals surface area contributed by atoms with E-state index in [1.807, 2.05) is 0 Å². The third-order valence-corrected chi connectivity index (χ3v) is 3.29. The molecule has 2 N–H and O–H groups in total. The first-order valence-electron chi connectivity index (χ1n) is 6.97. The summed E-state index contributed by atoms with van der Waals surface area (Å²) in [6.07, 6.45) is -4.38. The first-order chi connectivity index (χ1) is 10.4. The van der Waals surface area contributed by atoms with Crippen molar-refractivity contribution < 1.29 is 22.7 Å². The summed E-state index contributed by atoms with van der Waals surface area (Å²) in [5, 5.41) is 5.17. The van der Waals surface area contributed by atoms with Crippen LogP contribution in [0, 0.1) is 0 Å². The Morgan fingerprint density at radius 3 is 2.41 bits per heavy atom. The van der Waals surface area contributed by atoms with E-state index in [1.165, 1.54) is 12.1 Å². The highest BCUT2D eigenvalue weighted by Gasteiger charge is 2.29. The monoisotopic (exact) mass is 317 g/mol. The number of carbonyl (C=O) groups excluding carboxylic acids is 1. The summed E-state index contributed by atoms with van der Waals surface area (Å²) in [5.74, 6) is 0. The zero-order valence-electron chi connectivity index (χ0n) is 11.9. The molecule has 8 heteroatoms.